The van der Waals surface area contributed by atoms with Crippen molar-refractivity contribution in [3.8, 4) is 0 Å². The predicted octanol–water partition coefficient (Wildman–Crippen LogP) is 4.87. The van der Waals surface area contributed by atoms with Crippen molar-refractivity contribution in [2.24, 2.45) is 0 Å². The molecule has 4 heteroatoms. The highest BCUT2D eigenvalue weighted by Gasteiger charge is 2.18. The van der Waals surface area contributed by atoms with Crippen LogP contribution in [0.2, 0.25) is 0 Å². The van der Waals surface area contributed by atoms with Crippen molar-refractivity contribution < 1.29 is 8.81 Å². The molecule has 1 aromatic heterocycles. The summed E-state index contributed by atoms with van der Waals surface area (Å²) < 4.78 is 19.8. The van der Waals surface area contributed by atoms with E-state index in [0.29, 0.717) is 12.4 Å². The molecule has 0 unspecified atom stereocenters. The second kappa shape index (κ2) is 6.45. The summed E-state index contributed by atoms with van der Waals surface area (Å²) in [7, 11) is 0. The highest BCUT2D eigenvalue weighted by molar-refractivity contribution is 5.79. The van der Waals surface area contributed by atoms with E-state index in [1.54, 1.807) is 6.07 Å². The van der Waals surface area contributed by atoms with E-state index in [0.717, 1.165) is 47.3 Å². The minimum Gasteiger partial charge on any atom is -0.436 e. The number of aromatic nitrogens is 1. The summed E-state index contributed by atoms with van der Waals surface area (Å²) in [6.07, 6.45) is 3.01. The zero-order valence-electron chi connectivity index (χ0n) is 14.6. The van der Waals surface area contributed by atoms with Gasteiger partial charge in [-0.2, -0.15) is 0 Å². The summed E-state index contributed by atoms with van der Waals surface area (Å²) in [6.45, 7) is 6.40. The molecule has 0 spiro atoms. The summed E-state index contributed by atoms with van der Waals surface area (Å²) in [5, 5.41) is 0. The SMILES string of the molecule is Cc1cc(C)c2oc(C3=CCN(Cc4ccccc4F)CC3)nc2c1. The first-order valence-corrected chi connectivity index (χ1v) is 8.63. The molecule has 0 fully saturated rings. The van der Waals surface area contributed by atoms with Crippen molar-refractivity contribution in [2.75, 3.05) is 13.1 Å². The fraction of sp³-hybridized carbons (Fsp3) is 0.286. The number of hydrogen-bond donors (Lipinski definition) is 0. The van der Waals surface area contributed by atoms with E-state index in [4.69, 9.17) is 4.42 Å². The van der Waals surface area contributed by atoms with Crippen LogP contribution in [0.1, 0.15) is 29.0 Å². The molecule has 1 aliphatic heterocycles. The monoisotopic (exact) mass is 336 g/mol. The van der Waals surface area contributed by atoms with Crippen LogP contribution in [0.3, 0.4) is 0 Å². The summed E-state index contributed by atoms with van der Waals surface area (Å²) in [6, 6.07) is 11.1. The van der Waals surface area contributed by atoms with Gasteiger partial charge in [0.25, 0.3) is 0 Å². The Morgan fingerprint density at radius 1 is 1.20 bits per heavy atom. The smallest absolute Gasteiger partial charge is 0.223 e. The van der Waals surface area contributed by atoms with Crippen molar-refractivity contribution in [1.29, 1.82) is 0 Å². The highest BCUT2D eigenvalue weighted by atomic mass is 19.1. The quantitative estimate of drug-likeness (QED) is 0.683. The van der Waals surface area contributed by atoms with Gasteiger partial charge in [-0.1, -0.05) is 30.3 Å². The average molecular weight is 336 g/mol. The Kier molecular flexibility index (Phi) is 4.14. The van der Waals surface area contributed by atoms with Crippen LogP contribution in [-0.4, -0.2) is 23.0 Å². The van der Waals surface area contributed by atoms with Gasteiger partial charge >= 0.3 is 0 Å². The van der Waals surface area contributed by atoms with Crippen LogP contribution in [0, 0.1) is 19.7 Å². The van der Waals surface area contributed by atoms with E-state index in [2.05, 4.69) is 41.9 Å². The van der Waals surface area contributed by atoms with Crippen LogP contribution in [0.15, 0.2) is 46.9 Å². The Hall–Kier alpha value is -2.46. The first-order chi connectivity index (χ1) is 12.1. The van der Waals surface area contributed by atoms with Crippen LogP contribution in [0.4, 0.5) is 4.39 Å². The van der Waals surface area contributed by atoms with Crippen molar-refractivity contribution in [3.05, 3.63) is 70.9 Å². The Morgan fingerprint density at radius 2 is 2.04 bits per heavy atom. The number of fused-ring (bicyclic) bond motifs is 1. The molecule has 0 radical (unpaired) electrons. The van der Waals surface area contributed by atoms with E-state index in [1.165, 1.54) is 11.6 Å². The maximum Gasteiger partial charge on any atom is 0.223 e. The zero-order chi connectivity index (χ0) is 17.4. The van der Waals surface area contributed by atoms with E-state index in [1.807, 2.05) is 12.1 Å². The number of halogens is 1. The van der Waals surface area contributed by atoms with Crippen molar-refractivity contribution in [2.45, 2.75) is 26.8 Å². The van der Waals surface area contributed by atoms with Gasteiger partial charge in [-0.05, 0) is 43.5 Å². The molecule has 0 bridgehead atoms. The van der Waals surface area contributed by atoms with E-state index >= 15 is 0 Å². The van der Waals surface area contributed by atoms with Crippen LogP contribution in [0.5, 0.6) is 0 Å². The normalized spacial score (nSPS) is 15.6. The number of benzene rings is 2. The Morgan fingerprint density at radius 3 is 2.80 bits per heavy atom. The van der Waals surface area contributed by atoms with Crippen molar-refractivity contribution in [3.63, 3.8) is 0 Å². The number of oxazole rings is 1. The Bertz CT molecular complexity index is 958. The van der Waals surface area contributed by atoms with Crippen molar-refractivity contribution in [1.82, 2.24) is 9.88 Å². The Labute approximate surface area is 146 Å². The molecule has 0 saturated heterocycles. The molecule has 0 saturated carbocycles. The zero-order valence-corrected chi connectivity index (χ0v) is 14.6. The summed E-state index contributed by atoms with van der Waals surface area (Å²) in [5.74, 6) is 0.580. The standard InChI is InChI=1S/C21H21FN2O/c1-14-11-15(2)20-19(12-14)23-21(25-20)16-7-9-24(10-8-16)13-17-5-3-4-6-18(17)22/h3-7,11-12H,8-10,13H2,1-2H3. The third-order valence-corrected chi connectivity index (χ3v) is 4.74. The van der Waals surface area contributed by atoms with Gasteiger partial charge in [-0.3, -0.25) is 4.90 Å². The largest absolute Gasteiger partial charge is 0.436 e. The van der Waals surface area contributed by atoms with Gasteiger partial charge in [-0.25, -0.2) is 9.37 Å². The third kappa shape index (κ3) is 3.22. The first kappa shape index (κ1) is 16.0. The molecule has 3 nitrogen and oxygen atoms in total. The van der Waals surface area contributed by atoms with E-state index in [-0.39, 0.29) is 5.82 Å². The number of nitrogens with zero attached hydrogens (tertiary/aromatic N) is 2. The number of aryl methyl sites for hydroxylation is 2. The molecule has 0 N–H and O–H groups in total. The van der Waals surface area contributed by atoms with Crippen molar-refractivity contribution >= 4 is 16.7 Å². The second-order valence-corrected chi connectivity index (χ2v) is 6.75. The third-order valence-electron chi connectivity index (χ3n) is 4.74. The molecule has 0 aliphatic carbocycles. The molecule has 2 aromatic carbocycles. The van der Waals surface area contributed by atoms with Gasteiger partial charge in [0.15, 0.2) is 5.58 Å². The van der Waals surface area contributed by atoms with Gasteiger partial charge in [0, 0.05) is 30.8 Å². The summed E-state index contributed by atoms with van der Waals surface area (Å²) >= 11 is 0. The summed E-state index contributed by atoms with van der Waals surface area (Å²) in [4.78, 5) is 6.90. The summed E-state index contributed by atoms with van der Waals surface area (Å²) in [5.41, 5.74) is 5.98. The highest BCUT2D eigenvalue weighted by Crippen LogP contribution is 2.28. The lowest BCUT2D eigenvalue weighted by atomic mass is 10.1. The molecule has 0 amide bonds. The number of rotatable bonds is 3. The molecular weight excluding hydrogens is 315 g/mol. The number of hydrogen-bond acceptors (Lipinski definition) is 3. The topological polar surface area (TPSA) is 29.3 Å². The molecule has 0 atom stereocenters. The van der Waals surface area contributed by atoms with Gasteiger partial charge < -0.3 is 4.42 Å². The van der Waals surface area contributed by atoms with E-state index in [9.17, 15) is 4.39 Å². The lowest BCUT2D eigenvalue weighted by molar-refractivity contribution is 0.288. The second-order valence-electron chi connectivity index (χ2n) is 6.75. The van der Waals surface area contributed by atoms with Crippen LogP contribution in [0.25, 0.3) is 16.7 Å². The van der Waals surface area contributed by atoms with E-state index < -0.39 is 0 Å². The van der Waals surface area contributed by atoms with Gasteiger partial charge in [-0.15, -0.1) is 0 Å². The van der Waals surface area contributed by atoms with Gasteiger partial charge in [0.2, 0.25) is 5.89 Å². The molecule has 1 aliphatic rings. The molecule has 128 valence electrons. The maximum atomic E-state index is 13.8. The molecule has 2 heterocycles. The Balaban J connectivity index is 1.53. The first-order valence-electron chi connectivity index (χ1n) is 8.63. The fourth-order valence-electron chi connectivity index (χ4n) is 3.43. The average Bonchev–Trinajstić information content (AvgIpc) is 3.02. The van der Waals surface area contributed by atoms with Crippen LogP contribution in [-0.2, 0) is 6.54 Å². The van der Waals surface area contributed by atoms with Crippen LogP contribution < -0.4 is 0 Å². The molecule has 4 rings (SSSR count). The van der Waals surface area contributed by atoms with Crippen LogP contribution >= 0.6 is 0 Å². The molecular formula is C21H21FN2O. The van der Waals surface area contributed by atoms with Gasteiger partial charge in [0.1, 0.15) is 11.3 Å². The predicted molar refractivity (Wildman–Crippen MR) is 97.8 cm³/mol. The molecule has 3 aromatic rings. The fourth-order valence-corrected chi connectivity index (χ4v) is 3.43. The minimum atomic E-state index is -0.137. The van der Waals surface area contributed by atoms with Gasteiger partial charge in [0.05, 0.1) is 0 Å². The maximum absolute atomic E-state index is 13.8. The lowest BCUT2D eigenvalue weighted by Gasteiger charge is -2.25. The lowest BCUT2D eigenvalue weighted by Crippen LogP contribution is -2.28. The molecule has 25 heavy (non-hydrogen) atoms. The minimum absolute atomic E-state index is 0.137.